The Morgan fingerprint density at radius 1 is 1.33 bits per heavy atom. The van der Waals surface area contributed by atoms with Crippen LogP contribution in [-0.2, 0) is 6.54 Å². The zero-order chi connectivity index (χ0) is 15.4. The number of phenols is 1. The normalized spacial score (nSPS) is 10.2. The first-order valence-corrected chi connectivity index (χ1v) is 6.05. The Balaban J connectivity index is 2.15. The lowest BCUT2D eigenvalue weighted by Gasteiger charge is -2.10. The number of ether oxygens (including phenoxy) is 1. The van der Waals surface area contributed by atoms with Gasteiger partial charge in [0.05, 0.1) is 23.8 Å². The van der Waals surface area contributed by atoms with Crippen LogP contribution < -0.4 is 10.1 Å². The highest BCUT2D eigenvalue weighted by atomic mass is 19.1. The maximum absolute atomic E-state index is 13.7. The SMILES string of the molecule is COc1ccc(O)c(CNc2ccc([N+](=O)[O-])cc2F)c1. The maximum atomic E-state index is 13.7. The Morgan fingerprint density at radius 2 is 2.10 bits per heavy atom. The highest BCUT2D eigenvalue weighted by molar-refractivity contribution is 5.51. The van der Waals surface area contributed by atoms with Crippen LogP contribution in [0.25, 0.3) is 0 Å². The fraction of sp³-hybridized carbons (Fsp3) is 0.143. The van der Waals surface area contributed by atoms with E-state index in [-0.39, 0.29) is 23.7 Å². The number of hydrogen-bond donors (Lipinski definition) is 2. The Hall–Kier alpha value is -2.83. The molecule has 21 heavy (non-hydrogen) atoms. The van der Waals surface area contributed by atoms with E-state index in [0.717, 1.165) is 6.07 Å². The molecule has 0 spiro atoms. The van der Waals surface area contributed by atoms with Gasteiger partial charge in [0.15, 0.2) is 5.82 Å². The summed E-state index contributed by atoms with van der Waals surface area (Å²) in [6.45, 7) is 0.151. The van der Waals surface area contributed by atoms with Crippen molar-refractivity contribution in [2.75, 3.05) is 12.4 Å². The van der Waals surface area contributed by atoms with Gasteiger partial charge in [0, 0.05) is 18.2 Å². The van der Waals surface area contributed by atoms with Gasteiger partial charge < -0.3 is 15.2 Å². The van der Waals surface area contributed by atoms with Gasteiger partial charge in [-0.05, 0) is 24.3 Å². The number of halogens is 1. The molecule has 2 aromatic carbocycles. The Labute approximate surface area is 119 Å². The van der Waals surface area contributed by atoms with Crippen molar-refractivity contribution in [3.8, 4) is 11.5 Å². The van der Waals surface area contributed by atoms with E-state index in [9.17, 15) is 19.6 Å². The second-order valence-corrected chi connectivity index (χ2v) is 4.27. The fourth-order valence-electron chi connectivity index (χ4n) is 1.78. The molecular weight excluding hydrogens is 279 g/mol. The molecule has 2 aromatic rings. The molecule has 0 atom stereocenters. The summed E-state index contributed by atoms with van der Waals surface area (Å²) in [5, 5.41) is 23.0. The molecule has 2 rings (SSSR count). The van der Waals surface area contributed by atoms with Crippen LogP contribution in [0, 0.1) is 15.9 Å². The van der Waals surface area contributed by atoms with E-state index < -0.39 is 10.7 Å². The summed E-state index contributed by atoms with van der Waals surface area (Å²) in [4.78, 5) is 9.86. The van der Waals surface area contributed by atoms with Crippen molar-refractivity contribution in [3.63, 3.8) is 0 Å². The van der Waals surface area contributed by atoms with E-state index in [1.54, 1.807) is 12.1 Å². The largest absolute Gasteiger partial charge is 0.508 e. The number of aromatic hydroxyl groups is 1. The molecule has 0 aliphatic rings. The molecule has 0 bridgehead atoms. The molecule has 7 heteroatoms. The number of nitrogens with zero attached hydrogens (tertiary/aromatic N) is 1. The summed E-state index contributed by atoms with van der Waals surface area (Å²) >= 11 is 0. The van der Waals surface area contributed by atoms with Gasteiger partial charge >= 0.3 is 0 Å². The summed E-state index contributed by atoms with van der Waals surface area (Å²) in [6, 6.07) is 8.02. The lowest BCUT2D eigenvalue weighted by molar-refractivity contribution is -0.385. The molecule has 2 N–H and O–H groups in total. The van der Waals surface area contributed by atoms with Gasteiger partial charge in [-0.25, -0.2) is 4.39 Å². The lowest BCUT2D eigenvalue weighted by Crippen LogP contribution is -2.02. The summed E-state index contributed by atoms with van der Waals surface area (Å²) < 4.78 is 18.7. The van der Waals surface area contributed by atoms with Crippen molar-refractivity contribution in [2.24, 2.45) is 0 Å². The zero-order valence-corrected chi connectivity index (χ0v) is 11.2. The fourth-order valence-corrected chi connectivity index (χ4v) is 1.78. The summed E-state index contributed by atoms with van der Waals surface area (Å²) in [5.74, 6) is -0.119. The van der Waals surface area contributed by atoms with Gasteiger partial charge in [0.1, 0.15) is 11.5 Å². The molecule has 0 fully saturated rings. The molecule has 0 amide bonds. The van der Waals surface area contributed by atoms with Crippen molar-refractivity contribution >= 4 is 11.4 Å². The summed E-state index contributed by atoms with van der Waals surface area (Å²) in [6.07, 6.45) is 0. The predicted octanol–water partition coefficient (Wildman–Crippen LogP) is 3.06. The number of phenolic OH excluding ortho intramolecular Hbond substituents is 1. The van der Waals surface area contributed by atoms with Crippen molar-refractivity contribution in [3.05, 3.63) is 57.9 Å². The Bertz CT molecular complexity index is 676. The van der Waals surface area contributed by atoms with E-state index in [2.05, 4.69) is 5.32 Å². The molecule has 0 unspecified atom stereocenters. The van der Waals surface area contributed by atoms with Gasteiger partial charge in [0.2, 0.25) is 0 Å². The first kappa shape index (κ1) is 14.6. The van der Waals surface area contributed by atoms with Crippen LogP contribution in [0.4, 0.5) is 15.8 Å². The summed E-state index contributed by atoms with van der Waals surface area (Å²) in [5.41, 5.74) is 0.317. The monoisotopic (exact) mass is 292 g/mol. The number of non-ortho nitro benzene ring substituents is 1. The van der Waals surface area contributed by atoms with Gasteiger partial charge in [-0.1, -0.05) is 0 Å². The van der Waals surface area contributed by atoms with Gasteiger partial charge in [0.25, 0.3) is 5.69 Å². The third-order valence-electron chi connectivity index (χ3n) is 2.92. The number of nitro benzene ring substituents is 1. The van der Waals surface area contributed by atoms with Crippen LogP contribution in [0.2, 0.25) is 0 Å². The van der Waals surface area contributed by atoms with Crippen LogP contribution in [0.1, 0.15) is 5.56 Å². The van der Waals surface area contributed by atoms with E-state index in [0.29, 0.717) is 11.3 Å². The van der Waals surface area contributed by atoms with Crippen molar-refractivity contribution < 1.29 is 19.2 Å². The minimum absolute atomic E-state index is 0.0469. The van der Waals surface area contributed by atoms with Crippen LogP contribution in [-0.4, -0.2) is 17.1 Å². The quantitative estimate of drug-likeness (QED) is 0.653. The van der Waals surface area contributed by atoms with Crippen LogP contribution in [0.15, 0.2) is 36.4 Å². The van der Waals surface area contributed by atoms with Gasteiger partial charge in [-0.15, -0.1) is 0 Å². The average Bonchev–Trinajstić information content (AvgIpc) is 2.47. The Morgan fingerprint density at radius 3 is 2.71 bits per heavy atom. The maximum Gasteiger partial charge on any atom is 0.272 e. The number of rotatable bonds is 5. The molecule has 0 saturated carbocycles. The highest BCUT2D eigenvalue weighted by Crippen LogP contribution is 2.25. The second kappa shape index (κ2) is 6.08. The Kier molecular flexibility index (Phi) is 4.22. The minimum Gasteiger partial charge on any atom is -0.508 e. The summed E-state index contributed by atoms with van der Waals surface area (Å²) in [7, 11) is 1.50. The minimum atomic E-state index is -0.730. The molecule has 110 valence electrons. The van der Waals surface area contributed by atoms with Crippen LogP contribution in [0.5, 0.6) is 11.5 Å². The van der Waals surface area contributed by atoms with Crippen LogP contribution in [0.3, 0.4) is 0 Å². The predicted molar refractivity (Wildman–Crippen MR) is 75.0 cm³/mol. The average molecular weight is 292 g/mol. The number of methoxy groups -OCH3 is 1. The molecule has 0 saturated heterocycles. The van der Waals surface area contributed by atoms with Crippen molar-refractivity contribution in [2.45, 2.75) is 6.54 Å². The van der Waals surface area contributed by atoms with Crippen molar-refractivity contribution in [1.29, 1.82) is 0 Å². The van der Waals surface area contributed by atoms with E-state index >= 15 is 0 Å². The number of benzene rings is 2. The van der Waals surface area contributed by atoms with Gasteiger partial charge in [-0.2, -0.15) is 0 Å². The van der Waals surface area contributed by atoms with E-state index in [1.807, 2.05) is 0 Å². The molecule has 0 aromatic heterocycles. The smallest absolute Gasteiger partial charge is 0.272 e. The number of anilines is 1. The van der Waals surface area contributed by atoms with Crippen LogP contribution >= 0.6 is 0 Å². The molecular formula is C14H13FN2O4. The second-order valence-electron chi connectivity index (χ2n) is 4.27. The first-order valence-electron chi connectivity index (χ1n) is 6.05. The molecule has 6 nitrogen and oxygen atoms in total. The van der Waals surface area contributed by atoms with Gasteiger partial charge in [-0.3, -0.25) is 10.1 Å². The molecule has 0 aliphatic carbocycles. The number of nitrogens with one attached hydrogen (secondary N) is 1. The third kappa shape index (κ3) is 3.38. The number of nitro groups is 1. The molecule has 0 radical (unpaired) electrons. The van der Waals surface area contributed by atoms with E-state index in [4.69, 9.17) is 4.74 Å². The third-order valence-corrected chi connectivity index (χ3v) is 2.92. The highest BCUT2D eigenvalue weighted by Gasteiger charge is 2.11. The molecule has 0 aliphatic heterocycles. The topological polar surface area (TPSA) is 84.6 Å². The lowest BCUT2D eigenvalue weighted by atomic mass is 10.2. The molecule has 0 heterocycles. The first-order chi connectivity index (χ1) is 10.0. The van der Waals surface area contributed by atoms with Crippen molar-refractivity contribution in [1.82, 2.24) is 0 Å². The number of hydrogen-bond acceptors (Lipinski definition) is 5. The van der Waals surface area contributed by atoms with E-state index in [1.165, 1.54) is 25.3 Å². The standard InChI is InChI=1S/C14H13FN2O4/c1-21-11-3-5-14(18)9(6-11)8-16-13-4-2-10(17(19)20)7-12(13)15/h2-7,16,18H,8H2,1H3. The zero-order valence-electron chi connectivity index (χ0n) is 11.2.